The van der Waals surface area contributed by atoms with Crippen LogP contribution in [0.5, 0.6) is 0 Å². The molecule has 1 unspecified atom stereocenters. The highest BCUT2D eigenvalue weighted by Gasteiger charge is 2.16. The van der Waals surface area contributed by atoms with Crippen molar-refractivity contribution in [3.05, 3.63) is 146 Å². The van der Waals surface area contributed by atoms with E-state index in [1.165, 1.54) is 96.3 Å². The first-order valence-corrected chi connectivity index (χ1v) is 30.4. The summed E-state index contributed by atoms with van der Waals surface area (Å²) >= 11 is 0. The molecule has 0 aliphatic heterocycles. The van der Waals surface area contributed by atoms with Gasteiger partial charge >= 0.3 is 11.9 Å². The molecule has 0 aromatic rings. The molecule has 0 rings (SSSR count). The largest absolute Gasteiger partial charge is 0.462 e. The molecule has 0 bridgehead atoms. The summed E-state index contributed by atoms with van der Waals surface area (Å²) in [5.41, 5.74) is 0. The van der Waals surface area contributed by atoms with Crippen molar-refractivity contribution in [3.8, 4) is 0 Å². The fraction of sp³-hybridized carbons (Fsp3) is 0.623. The second kappa shape index (κ2) is 63.1. The average molecular weight is 1020 g/mol. The summed E-state index contributed by atoms with van der Waals surface area (Å²) in [6.07, 6.45) is 95.5. The molecule has 0 amide bonds. The van der Waals surface area contributed by atoms with E-state index < -0.39 is 6.10 Å². The Balaban J connectivity index is 3.53. The van der Waals surface area contributed by atoms with Gasteiger partial charge in [0.2, 0.25) is 0 Å². The second-order valence-electron chi connectivity index (χ2n) is 19.7. The second-order valence-corrected chi connectivity index (χ2v) is 19.7. The van der Waals surface area contributed by atoms with E-state index in [2.05, 4.69) is 160 Å². The van der Waals surface area contributed by atoms with E-state index in [1.54, 1.807) is 0 Å². The summed E-state index contributed by atoms with van der Waals surface area (Å²) in [6.45, 7) is 3.90. The van der Waals surface area contributed by atoms with Gasteiger partial charge in [0, 0.05) is 12.8 Å². The number of hydrogen-bond acceptors (Lipinski definition) is 5. The van der Waals surface area contributed by atoms with Gasteiger partial charge in [0.15, 0.2) is 6.10 Å². The lowest BCUT2D eigenvalue weighted by molar-refractivity contribution is -0.161. The number of allylic oxidation sites excluding steroid dienone is 24. The van der Waals surface area contributed by atoms with Gasteiger partial charge in [-0.1, -0.05) is 275 Å². The molecule has 74 heavy (non-hydrogen) atoms. The van der Waals surface area contributed by atoms with Crippen LogP contribution in [0.2, 0.25) is 0 Å². The number of esters is 2. The Morgan fingerprint density at radius 2 is 0.541 bits per heavy atom. The summed E-state index contributed by atoms with van der Waals surface area (Å²) in [5.74, 6) is -0.615. The standard InChI is InChI=1S/C69H112O5/c1-3-5-7-9-11-13-15-17-19-21-23-25-26-27-28-29-30-31-32-33-34-35-36-37-38-39-40-41-42-44-46-48-50-52-54-56-58-60-62-64-69(72)74-67(65-70)66-73-68(71)63-61-59-57-55-53-51-49-47-45-43-24-22-20-18-16-14-12-10-8-6-4-2/h5-8,11-14,17-20,23-25,27-28,30-31,33-34,43,47,49,67,70H,3-4,9-10,15-16,21-22,26,29,32,35-42,44-46,48,50-66H2,1-2H3/b7-5-,8-6-,13-11-,14-12-,19-17-,20-18-,25-23-,28-27-,31-30-,34-33-,43-24-,49-47-. The van der Waals surface area contributed by atoms with Gasteiger partial charge in [-0.25, -0.2) is 0 Å². The molecule has 5 heteroatoms. The molecular weight excluding hydrogens is 909 g/mol. The molecule has 0 aromatic heterocycles. The third-order valence-electron chi connectivity index (χ3n) is 12.6. The highest BCUT2D eigenvalue weighted by Crippen LogP contribution is 2.16. The highest BCUT2D eigenvalue weighted by atomic mass is 16.6. The number of aliphatic hydroxyl groups excluding tert-OH is 1. The van der Waals surface area contributed by atoms with Crippen molar-refractivity contribution in [1.82, 2.24) is 0 Å². The Kier molecular flexibility index (Phi) is 59.5. The lowest BCUT2D eigenvalue weighted by Gasteiger charge is -2.15. The zero-order chi connectivity index (χ0) is 53.4. The molecule has 0 heterocycles. The molecule has 0 aromatic carbocycles. The van der Waals surface area contributed by atoms with Crippen LogP contribution in [-0.4, -0.2) is 36.4 Å². The fourth-order valence-electron chi connectivity index (χ4n) is 8.15. The Bertz CT molecular complexity index is 1580. The van der Waals surface area contributed by atoms with E-state index in [1.807, 2.05) is 0 Å². The first-order chi connectivity index (χ1) is 36.6. The normalized spacial score (nSPS) is 13.3. The molecule has 0 fully saturated rings. The predicted octanol–water partition coefficient (Wildman–Crippen LogP) is 21.0. The van der Waals surface area contributed by atoms with Crippen LogP contribution >= 0.6 is 0 Å². The van der Waals surface area contributed by atoms with E-state index in [9.17, 15) is 14.7 Å². The van der Waals surface area contributed by atoms with E-state index in [4.69, 9.17) is 9.47 Å². The van der Waals surface area contributed by atoms with Gasteiger partial charge in [-0.2, -0.15) is 0 Å². The Morgan fingerprint density at radius 1 is 0.311 bits per heavy atom. The van der Waals surface area contributed by atoms with Crippen molar-refractivity contribution in [2.45, 2.75) is 264 Å². The highest BCUT2D eigenvalue weighted by molar-refractivity contribution is 5.70. The lowest BCUT2D eigenvalue weighted by atomic mass is 10.0. The molecule has 0 spiro atoms. The smallest absolute Gasteiger partial charge is 0.306 e. The number of aliphatic hydroxyl groups is 1. The first kappa shape index (κ1) is 69.8. The van der Waals surface area contributed by atoms with Crippen LogP contribution in [-0.2, 0) is 19.1 Å². The van der Waals surface area contributed by atoms with Gasteiger partial charge < -0.3 is 14.6 Å². The summed E-state index contributed by atoms with van der Waals surface area (Å²) in [7, 11) is 0. The Labute approximate surface area is 457 Å². The minimum absolute atomic E-state index is 0.0822. The third kappa shape index (κ3) is 60.3. The molecule has 0 saturated carbocycles. The maximum absolute atomic E-state index is 12.3. The van der Waals surface area contributed by atoms with Crippen LogP contribution < -0.4 is 0 Å². The van der Waals surface area contributed by atoms with Crippen molar-refractivity contribution in [2.75, 3.05) is 13.2 Å². The molecule has 1 N–H and O–H groups in total. The van der Waals surface area contributed by atoms with E-state index in [0.29, 0.717) is 12.8 Å². The topological polar surface area (TPSA) is 72.8 Å². The lowest BCUT2D eigenvalue weighted by Crippen LogP contribution is -2.28. The van der Waals surface area contributed by atoms with E-state index in [0.717, 1.165) is 135 Å². The minimum Gasteiger partial charge on any atom is -0.462 e. The quantitative estimate of drug-likeness (QED) is 0.0373. The van der Waals surface area contributed by atoms with Gasteiger partial charge in [0.05, 0.1) is 6.61 Å². The summed E-state index contributed by atoms with van der Waals surface area (Å²) in [5, 5.41) is 9.66. The van der Waals surface area contributed by atoms with Gasteiger partial charge in [-0.15, -0.1) is 0 Å². The van der Waals surface area contributed by atoms with Crippen molar-refractivity contribution >= 4 is 11.9 Å². The van der Waals surface area contributed by atoms with Crippen LogP contribution in [0.4, 0.5) is 0 Å². The van der Waals surface area contributed by atoms with Gasteiger partial charge in [0.1, 0.15) is 6.61 Å². The van der Waals surface area contributed by atoms with Gasteiger partial charge in [0.25, 0.3) is 0 Å². The third-order valence-corrected chi connectivity index (χ3v) is 12.6. The maximum atomic E-state index is 12.3. The zero-order valence-electron chi connectivity index (χ0n) is 47.8. The van der Waals surface area contributed by atoms with Crippen molar-refractivity contribution in [2.24, 2.45) is 0 Å². The summed E-state index contributed by atoms with van der Waals surface area (Å²) < 4.78 is 10.7. The van der Waals surface area contributed by atoms with Gasteiger partial charge in [-0.3, -0.25) is 9.59 Å². The summed E-state index contributed by atoms with van der Waals surface area (Å²) in [4.78, 5) is 24.5. The number of carbonyl (C=O) groups excluding carboxylic acids is 2. The molecule has 0 saturated heterocycles. The molecular formula is C69H112O5. The molecule has 0 aliphatic carbocycles. The van der Waals surface area contributed by atoms with Crippen LogP contribution in [0.25, 0.3) is 0 Å². The zero-order valence-corrected chi connectivity index (χ0v) is 47.8. The summed E-state index contributed by atoms with van der Waals surface area (Å²) in [6, 6.07) is 0. The monoisotopic (exact) mass is 1020 g/mol. The van der Waals surface area contributed by atoms with E-state index >= 15 is 0 Å². The number of unbranched alkanes of at least 4 members (excludes halogenated alkanes) is 22. The molecule has 0 aliphatic rings. The molecule has 0 radical (unpaired) electrons. The first-order valence-electron chi connectivity index (χ1n) is 30.4. The molecule has 5 nitrogen and oxygen atoms in total. The number of ether oxygens (including phenoxy) is 2. The predicted molar refractivity (Wildman–Crippen MR) is 324 cm³/mol. The van der Waals surface area contributed by atoms with Crippen LogP contribution in [0.15, 0.2) is 146 Å². The number of hydrogen-bond donors (Lipinski definition) is 1. The van der Waals surface area contributed by atoms with E-state index in [-0.39, 0.29) is 25.2 Å². The van der Waals surface area contributed by atoms with Crippen LogP contribution in [0.3, 0.4) is 0 Å². The van der Waals surface area contributed by atoms with Crippen molar-refractivity contribution in [1.29, 1.82) is 0 Å². The maximum Gasteiger partial charge on any atom is 0.306 e. The molecule has 418 valence electrons. The Hall–Kier alpha value is -4.22. The SMILES string of the molecule is CC/C=C\C/C=C\C/C=C\C/C=C\C/C=C\C/C=C\C/C=C\CCCCCCCCCCCCCCCCCCCC(=O)OC(CO)COC(=O)CCCCCCC/C=C\C/C=C\C/C=C\C/C=C\C/C=C\CC. The minimum atomic E-state index is -0.790. The van der Waals surface area contributed by atoms with Crippen molar-refractivity contribution in [3.63, 3.8) is 0 Å². The number of carbonyl (C=O) groups is 2. The molecule has 1 atom stereocenters. The van der Waals surface area contributed by atoms with Gasteiger partial charge in [-0.05, 0) is 116 Å². The fourth-order valence-corrected chi connectivity index (χ4v) is 8.15. The van der Waals surface area contributed by atoms with Crippen LogP contribution in [0, 0.1) is 0 Å². The average Bonchev–Trinajstić information content (AvgIpc) is 3.40. The van der Waals surface area contributed by atoms with Crippen LogP contribution in [0.1, 0.15) is 258 Å². The van der Waals surface area contributed by atoms with Crippen molar-refractivity contribution < 1.29 is 24.2 Å². The Morgan fingerprint density at radius 3 is 0.811 bits per heavy atom. The number of rotatable bonds is 54.